The van der Waals surface area contributed by atoms with Crippen molar-refractivity contribution in [2.24, 2.45) is 10.3 Å². The van der Waals surface area contributed by atoms with Crippen LogP contribution < -0.4 is 10.2 Å². The molecule has 2 aromatic heterocycles. The van der Waals surface area contributed by atoms with Gasteiger partial charge in [-0.1, -0.05) is 25.0 Å². The Kier molecular flexibility index (Phi) is 7.51. The number of benzene rings is 1. The first-order valence-corrected chi connectivity index (χ1v) is 16.5. The summed E-state index contributed by atoms with van der Waals surface area (Å²) in [5, 5.41) is 17.6. The van der Waals surface area contributed by atoms with Crippen LogP contribution >= 0.6 is 0 Å². The quantitative estimate of drug-likeness (QED) is 0.444. The molecule has 0 spiro atoms. The molecule has 6 rings (SSSR count). The van der Waals surface area contributed by atoms with E-state index in [0.717, 1.165) is 47.5 Å². The molecule has 3 aromatic rings. The topological polar surface area (TPSA) is 116 Å². The SMILES string of the molecule is CN=S1(=O)CCN(c2ccc(-c3c(C4CCCCC4C(=O)NC4(C#N)CC4)nn(-c4ncccc4F)c3C)cc2)CC1. The fourth-order valence-corrected chi connectivity index (χ4v) is 7.95. The van der Waals surface area contributed by atoms with Crippen molar-refractivity contribution in [3.05, 3.63) is 59.8 Å². The number of pyridine rings is 1. The molecule has 2 saturated carbocycles. The number of rotatable bonds is 6. The average molecular weight is 590 g/mol. The highest BCUT2D eigenvalue weighted by Gasteiger charge is 2.47. The van der Waals surface area contributed by atoms with Gasteiger partial charge < -0.3 is 10.2 Å². The number of aromatic nitrogens is 3. The summed E-state index contributed by atoms with van der Waals surface area (Å²) in [5.74, 6) is 0.144. The van der Waals surface area contributed by atoms with Gasteiger partial charge in [-0.15, -0.1) is 0 Å². The first kappa shape index (κ1) is 28.3. The predicted octanol–water partition coefficient (Wildman–Crippen LogP) is 4.75. The number of nitrogens with one attached hydrogen (secondary N) is 1. The van der Waals surface area contributed by atoms with Crippen molar-refractivity contribution in [2.75, 3.05) is 36.5 Å². The molecule has 9 nitrogen and oxygen atoms in total. The Morgan fingerprint density at radius 1 is 1.17 bits per heavy atom. The Morgan fingerprint density at radius 2 is 1.88 bits per heavy atom. The molecule has 1 N–H and O–H groups in total. The third-order valence-corrected chi connectivity index (χ3v) is 11.4. The largest absolute Gasteiger partial charge is 0.370 e. The maximum absolute atomic E-state index is 15.0. The van der Waals surface area contributed by atoms with Gasteiger partial charge in [-0.3, -0.25) is 4.79 Å². The van der Waals surface area contributed by atoms with Gasteiger partial charge in [-0.05, 0) is 62.4 Å². The van der Waals surface area contributed by atoms with Crippen molar-refractivity contribution in [1.82, 2.24) is 20.1 Å². The summed E-state index contributed by atoms with van der Waals surface area (Å²) < 4.78 is 33.3. The second-order valence-electron chi connectivity index (χ2n) is 11.6. The van der Waals surface area contributed by atoms with Crippen molar-refractivity contribution < 1.29 is 13.4 Å². The number of carbonyl (C=O) groups excluding carboxylic acids is 1. The van der Waals surface area contributed by atoms with Gasteiger partial charge in [0.1, 0.15) is 5.54 Å². The van der Waals surface area contributed by atoms with E-state index in [-0.39, 0.29) is 23.6 Å². The lowest BCUT2D eigenvalue weighted by Gasteiger charge is -2.31. The van der Waals surface area contributed by atoms with Gasteiger partial charge >= 0.3 is 0 Å². The predicted molar refractivity (Wildman–Crippen MR) is 160 cm³/mol. The van der Waals surface area contributed by atoms with Crippen molar-refractivity contribution in [1.29, 1.82) is 5.26 Å². The number of anilines is 1. The molecule has 220 valence electrons. The zero-order chi connectivity index (χ0) is 29.5. The molecule has 11 heteroatoms. The van der Waals surface area contributed by atoms with E-state index in [1.165, 1.54) is 6.07 Å². The minimum Gasteiger partial charge on any atom is -0.370 e. The van der Waals surface area contributed by atoms with Crippen LogP contribution in [0.1, 0.15) is 55.8 Å². The van der Waals surface area contributed by atoms with Crippen molar-refractivity contribution in [3.8, 4) is 23.0 Å². The highest BCUT2D eigenvalue weighted by molar-refractivity contribution is 7.93. The fourth-order valence-electron chi connectivity index (χ4n) is 6.37. The number of nitriles is 1. The van der Waals surface area contributed by atoms with Gasteiger partial charge in [-0.25, -0.2) is 22.6 Å². The lowest BCUT2D eigenvalue weighted by molar-refractivity contribution is -0.127. The van der Waals surface area contributed by atoms with E-state index in [1.54, 1.807) is 24.0 Å². The summed E-state index contributed by atoms with van der Waals surface area (Å²) in [4.78, 5) is 20.1. The summed E-state index contributed by atoms with van der Waals surface area (Å²) in [6.07, 6.45) is 6.28. The second kappa shape index (κ2) is 11.1. The van der Waals surface area contributed by atoms with E-state index in [0.29, 0.717) is 43.9 Å². The summed E-state index contributed by atoms with van der Waals surface area (Å²) >= 11 is 0. The minimum atomic E-state index is -2.11. The number of amides is 1. The van der Waals surface area contributed by atoms with Gasteiger partial charge in [0.15, 0.2) is 11.6 Å². The molecule has 3 aliphatic rings. The molecule has 3 fully saturated rings. The molecule has 2 aliphatic carbocycles. The molecule has 1 aliphatic heterocycles. The van der Waals surface area contributed by atoms with Crippen LogP contribution in [0.5, 0.6) is 0 Å². The maximum atomic E-state index is 15.0. The van der Waals surface area contributed by atoms with Crippen LogP contribution in [0.4, 0.5) is 10.1 Å². The fraction of sp³-hybridized carbons (Fsp3) is 0.484. The summed E-state index contributed by atoms with van der Waals surface area (Å²) in [6, 6.07) is 13.4. The van der Waals surface area contributed by atoms with Crippen LogP contribution in [-0.4, -0.2) is 62.1 Å². The van der Waals surface area contributed by atoms with E-state index < -0.39 is 21.1 Å². The minimum absolute atomic E-state index is 0.100. The van der Waals surface area contributed by atoms with Crippen LogP contribution in [0.15, 0.2) is 47.0 Å². The third-order valence-electron chi connectivity index (χ3n) is 9.08. The Bertz CT molecular complexity index is 1650. The summed E-state index contributed by atoms with van der Waals surface area (Å²) in [5.41, 5.74) is 3.62. The van der Waals surface area contributed by atoms with Crippen LogP contribution in [-0.2, 0) is 14.5 Å². The highest BCUT2D eigenvalue weighted by atomic mass is 32.2. The molecule has 1 amide bonds. The van der Waals surface area contributed by atoms with Crippen molar-refractivity contribution >= 4 is 21.3 Å². The standard InChI is InChI=1S/C31H36FN7O2S/c1-21-27(22-9-11-23(12-10-22)38-16-18-42(41,34-2)19-17-38)28(37-39(21)29-26(32)8-5-15-35-29)24-6-3-4-7-25(24)30(40)36-31(20-33)13-14-31/h5,8-12,15,24-25H,3-4,6-7,13-14,16-19H2,1-2H3,(H,36,40). The van der Waals surface area contributed by atoms with Gasteiger partial charge in [0.05, 0.1) is 17.5 Å². The number of halogens is 1. The Morgan fingerprint density at radius 3 is 2.52 bits per heavy atom. The number of carbonyl (C=O) groups is 1. The Balaban J connectivity index is 1.38. The summed E-state index contributed by atoms with van der Waals surface area (Å²) in [7, 11) is -0.471. The average Bonchev–Trinajstić information content (AvgIpc) is 3.71. The first-order valence-electron chi connectivity index (χ1n) is 14.7. The first-order chi connectivity index (χ1) is 20.3. The monoisotopic (exact) mass is 589 g/mol. The molecular weight excluding hydrogens is 553 g/mol. The zero-order valence-corrected chi connectivity index (χ0v) is 24.9. The van der Waals surface area contributed by atoms with Crippen LogP contribution in [0, 0.1) is 30.0 Å². The smallest absolute Gasteiger partial charge is 0.225 e. The van der Waals surface area contributed by atoms with Gasteiger partial charge in [0, 0.05) is 70.7 Å². The maximum Gasteiger partial charge on any atom is 0.225 e. The molecule has 42 heavy (non-hydrogen) atoms. The summed E-state index contributed by atoms with van der Waals surface area (Å²) in [6.45, 7) is 3.27. The molecule has 1 aromatic carbocycles. The number of hydrogen-bond donors (Lipinski definition) is 1. The van der Waals surface area contributed by atoms with E-state index in [2.05, 4.69) is 37.8 Å². The molecule has 0 bridgehead atoms. The Labute approximate surface area is 246 Å². The normalized spacial score (nSPS) is 22.7. The zero-order valence-electron chi connectivity index (χ0n) is 24.1. The number of hydrogen-bond acceptors (Lipinski definition) is 7. The molecule has 2 atom stereocenters. The molecular formula is C31H36FN7O2S. The third kappa shape index (κ3) is 5.28. The van der Waals surface area contributed by atoms with E-state index in [4.69, 9.17) is 5.10 Å². The van der Waals surface area contributed by atoms with E-state index >= 15 is 0 Å². The number of nitrogens with zero attached hydrogens (tertiary/aromatic N) is 6. The lowest BCUT2D eigenvalue weighted by Crippen LogP contribution is -2.42. The van der Waals surface area contributed by atoms with Gasteiger partial charge in [0.2, 0.25) is 5.91 Å². The molecule has 2 unspecified atom stereocenters. The van der Waals surface area contributed by atoms with Gasteiger partial charge in [-0.2, -0.15) is 10.4 Å². The Hall–Kier alpha value is -3.78. The van der Waals surface area contributed by atoms with E-state index in [9.17, 15) is 18.7 Å². The van der Waals surface area contributed by atoms with Crippen LogP contribution in [0.2, 0.25) is 0 Å². The van der Waals surface area contributed by atoms with Crippen molar-refractivity contribution in [3.63, 3.8) is 0 Å². The lowest BCUT2D eigenvalue weighted by atomic mass is 9.75. The second-order valence-corrected chi connectivity index (χ2v) is 14.4. The van der Waals surface area contributed by atoms with Crippen LogP contribution in [0.25, 0.3) is 16.9 Å². The molecule has 1 saturated heterocycles. The molecule has 0 radical (unpaired) electrons. The van der Waals surface area contributed by atoms with Gasteiger partial charge in [0.25, 0.3) is 0 Å². The van der Waals surface area contributed by atoms with E-state index in [1.807, 2.05) is 19.1 Å². The van der Waals surface area contributed by atoms with Crippen LogP contribution in [0.3, 0.4) is 0 Å². The highest BCUT2D eigenvalue weighted by Crippen LogP contribution is 2.44. The molecule has 3 heterocycles. The van der Waals surface area contributed by atoms with Crippen molar-refractivity contribution in [2.45, 2.75) is 56.9 Å².